The Kier molecular flexibility index (Phi) is 3.72. The van der Waals surface area contributed by atoms with Crippen LogP contribution >= 0.6 is 23.2 Å². The van der Waals surface area contributed by atoms with Crippen molar-refractivity contribution in [2.75, 3.05) is 13.1 Å². The van der Waals surface area contributed by atoms with Crippen LogP contribution in [-0.2, 0) is 4.79 Å². The smallest absolute Gasteiger partial charge is 0.246 e. The number of nitrogens with zero attached hydrogens (tertiary/aromatic N) is 1. The molecule has 3 nitrogen and oxygen atoms in total. The Morgan fingerprint density at radius 2 is 2.12 bits per heavy atom. The molecule has 0 unspecified atom stereocenters. The largest absolute Gasteiger partial charge is 0.389 e. The van der Waals surface area contributed by atoms with Gasteiger partial charge in [0.05, 0.1) is 6.10 Å². The van der Waals surface area contributed by atoms with Gasteiger partial charge in [0, 0.05) is 29.2 Å². The summed E-state index contributed by atoms with van der Waals surface area (Å²) in [6.07, 6.45) is 2.71. The summed E-state index contributed by atoms with van der Waals surface area (Å²) in [6, 6.07) is 5.09. The van der Waals surface area contributed by atoms with Crippen LogP contribution in [0.1, 0.15) is 5.56 Å². The van der Waals surface area contributed by atoms with E-state index in [1.807, 2.05) is 0 Å². The van der Waals surface area contributed by atoms with E-state index in [0.717, 1.165) is 5.56 Å². The van der Waals surface area contributed by atoms with Crippen LogP contribution < -0.4 is 0 Å². The molecule has 0 atom stereocenters. The monoisotopic (exact) mass is 271 g/mol. The third kappa shape index (κ3) is 3.00. The Bertz CT molecular complexity index is 468. The summed E-state index contributed by atoms with van der Waals surface area (Å²) >= 11 is 11.7. The van der Waals surface area contributed by atoms with Crippen LogP contribution in [0, 0.1) is 0 Å². The number of aliphatic hydroxyl groups excluding tert-OH is 1. The molecule has 1 heterocycles. The fourth-order valence-corrected chi connectivity index (χ4v) is 2.01. The zero-order valence-electron chi connectivity index (χ0n) is 8.94. The highest BCUT2D eigenvalue weighted by atomic mass is 35.5. The summed E-state index contributed by atoms with van der Waals surface area (Å²) in [4.78, 5) is 13.1. The summed E-state index contributed by atoms with van der Waals surface area (Å²) in [5.41, 5.74) is 0.741. The molecule has 90 valence electrons. The fraction of sp³-hybridized carbons (Fsp3) is 0.250. The molecule has 0 spiro atoms. The first kappa shape index (κ1) is 12.4. The quantitative estimate of drug-likeness (QED) is 0.838. The number of amides is 1. The number of aliphatic hydroxyl groups is 1. The van der Waals surface area contributed by atoms with Crippen molar-refractivity contribution in [2.45, 2.75) is 6.10 Å². The molecule has 1 aromatic rings. The highest BCUT2D eigenvalue weighted by Crippen LogP contribution is 2.22. The van der Waals surface area contributed by atoms with E-state index in [9.17, 15) is 4.79 Å². The van der Waals surface area contributed by atoms with Gasteiger partial charge in [0.15, 0.2) is 0 Å². The molecule has 1 aromatic carbocycles. The Balaban J connectivity index is 2.02. The number of benzene rings is 1. The number of likely N-dealkylation sites (tertiary alicyclic amines) is 1. The van der Waals surface area contributed by atoms with E-state index in [-0.39, 0.29) is 12.0 Å². The van der Waals surface area contributed by atoms with E-state index >= 15 is 0 Å². The van der Waals surface area contributed by atoms with Crippen LogP contribution in [0.4, 0.5) is 0 Å². The van der Waals surface area contributed by atoms with Crippen molar-refractivity contribution in [1.29, 1.82) is 0 Å². The number of rotatable bonds is 2. The third-order valence-electron chi connectivity index (χ3n) is 2.54. The average molecular weight is 272 g/mol. The molecule has 1 aliphatic heterocycles. The van der Waals surface area contributed by atoms with Gasteiger partial charge in [-0.1, -0.05) is 29.3 Å². The third-order valence-corrected chi connectivity index (χ3v) is 3.10. The van der Waals surface area contributed by atoms with Crippen molar-refractivity contribution in [2.24, 2.45) is 0 Å². The average Bonchev–Trinajstić information content (AvgIpc) is 2.23. The molecular weight excluding hydrogens is 261 g/mol. The van der Waals surface area contributed by atoms with Crippen molar-refractivity contribution in [3.63, 3.8) is 0 Å². The molecule has 1 amide bonds. The van der Waals surface area contributed by atoms with Crippen molar-refractivity contribution in [1.82, 2.24) is 4.90 Å². The fourth-order valence-electron chi connectivity index (χ4n) is 1.54. The van der Waals surface area contributed by atoms with Crippen molar-refractivity contribution < 1.29 is 9.90 Å². The minimum Gasteiger partial charge on any atom is -0.389 e. The molecule has 1 fully saturated rings. The highest BCUT2D eigenvalue weighted by molar-refractivity contribution is 6.35. The summed E-state index contributed by atoms with van der Waals surface area (Å²) in [7, 11) is 0. The maximum atomic E-state index is 11.6. The van der Waals surface area contributed by atoms with Gasteiger partial charge in [-0.25, -0.2) is 0 Å². The topological polar surface area (TPSA) is 40.5 Å². The lowest BCUT2D eigenvalue weighted by atomic mass is 10.1. The number of hydrogen-bond donors (Lipinski definition) is 1. The highest BCUT2D eigenvalue weighted by Gasteiger charge is 2.26. The maximum Gasteiger partial charge on any atom is 0.246 e. The van der Waals surface area contributed by atoms with E-state index < -0.39 is 0 Å². The first-order chi connectivity index (χ1) is 8.06. The minimum absolute atomic E-state index is 0.124. The van der Waals surface area contributed by atoms with Crippen LogP contribution in [0.15, 0.2) is 24.3 Å². The van der Waals surface area contributed by atoms with Gasteiger partial charge in [-0.15, -0.1) is 0 Å². The molecule has 1 N–H and O–H groups in total. The first-order valence-electron chi connectivity index (χ1n) is 5.16. The molecule has 0 bridgehead atoms. The predicted octanol–water partition coefficient (Wildman–Crippen LogP) is 2.21. The Morgan fingerprint density at radius 1 is 1.41 bits per heavy atom. The van der Waals surface area contributed by atoms with Gasteiger partial charge >= 0.3 is 0 Å². The molecule has 0 saturated carbocycles. The molecule has 0 aromatic heterocycles. The second-order valence-electron chi connectivity index (χ2n) is 3.90. The SMILES string of the molecule is O=C(C=Cc1ccc(Cl)cc1Cl)N1CC(O)C1. The van der Waals surface area contributed by atoms with E-state index in [0.29, 0.717) is 23.1 Å². The van der Waals surface area contributed by atoms with Crippen molar-refractivity contribution in [3.05, 3.63) is 39.9 Å². The zero-order valence-corrected chi connectivity index (χ0v) is 10.4. The van der Waals surface area contributed by atoms with E-state index in [1.165, 1.54) is 6.08 Å². The van der Waals surface area contributed by atoms with Gasteiger partial charge in [0.2, 0.25) is 5.91 Å². The van der Waals surface area contributed by atoms with E-state index in [1.54, 1.807) is 29.2 Å². The van der Waals surface area contributed by atoms with Crippen LogP contribution in [-0.4, -0.2) is 35.1 Å². The van der Waals surface area contributed by atoms with Crippen molar-refractivity contribution in [3.8, 4) is 0 Å². The number of β-amino-alcohol motifs (C(OH)–C–C–N with tert-alkyl or cyclic N) is 1. The molecule has 2 rings (SSSR count). The number of hydrogen-bond acceptors (Lipinski definition) is 2. The van der Waals surface area contributed by atoms with Gasteiger partial charge in [0.1, 0.15) is 0 Å². The van der Waals surface area contributed by atoms with E-state index in [4.69, 9.17) is 28.3 Å². The Morgan fingerprint density at radius 3 is 2.71 bits per heavy atom. The van der Waals surface area contributed by atoms with Crippen LogP contribution in [0.2, 0.25) is 10.0 Å². The lowest BCUT2D eigenvalue weighted by Crippen LogP contribution is -2.52. The van der Waals surface area contributed by atoms with Crippen molar-refractivity contribution >= 4 is 35.2 Å². The molecule has 1 saturated heterocycles. The van der Waals surface area contributed by atoms with Gasteiger partial charge in [0.25, 0.3) is 0 Å². The van der Waals surface area contributed by atoms with Gasteiger partial charge in [-0.3, -0.25) is 4.79 Å². The second-order valence-corrected chi connectivity index (χ2v) is 4.74. The lowest BCUT2D eigenvalue weighted by molar-refractivity contribution is -0.135. The normalized spacial score (nSPS) is 16.3. The number of carbonyl (C=O) groups excluding carboxylic acids is 1. The van der Waals surface area contributed by atoms with Gasteiger partial charge in [-0.05, 0) is 23.8 Å². The second kappa shape index (κ2) is 5.08. The molecule has 0 aliphatic carbocycles. The summed E-state index contributed by atoms with van der Waals surface area (Å²) in [6.45, 7) is 0.801. The molecule has 1 aliphatic rings. The van der Waals surface area contributed by atoms with Crippen LogP contribution in [0.5, 0.6) is 0 Å². The Hall–Kier alpha value is -1.03. The lowest BCUT2D eigenvalue weighted by Gasteiger charge is -2.34. The van der Waals surface area contributed by atoms with E-state index in [2.05, 4.69) is 0 Å². The predicted molar refractivity (Wildman–Crippen MR) is 68.1 cm³/mol. The number of halogens is 2. The van der Waals surface area contributed by atoms with Gasteiger partial charge < -0.3 is 10.0 Å². The Labute approximate surface area is 109 Å². The summed E-state index contributed by atoms with van der Waals surface area (Å²) < 4.78 is 0. The van der Waals surface area contributed by atoms with Crippen LogP contribution in [0.3, 0.4) is 0 Å². The minimum atomic E-state index is -0.383. The standard InChI is InChI=1S/C12H11Cl2NO2/c13-9-3-1-8(11(14)5-9)2-4-12(17)15-6-10(16)7-15/h1-5,10,16H,6-7H2. The summed E-state index contributed by atoms with van der Waals surface area (Å²) in [5.74, 6) is -0.124. The number of carbonyl (C=O) groups is 1. The first-order valence-corrected chi connectivity index (χ1v) is 5.92. The molecular formula is C12H11Cl2NO2. The zero-order chi connectivity index (χ0) is 12.4. The summed E-state index contributed by atoms with van der Waals surface area (Å²) in [5, 5.41) is 10.1. The van der Waals surface area contributed by atoms with Crippen LogP contribution in [0.25, 0.3) is 6.08 Å². The van der Waals surface area contributed by atoms with Gasteiger partial charge in [-0.2, -0.15) is 0 Å². The molecule has 5 heteroatoms. The molecule has 17 heavy (non-hydrogen) atoms. The maximum absolute atomic E-state index is 11.6. The molecule has 0 radical (unpaired) electrons.